The molecule has 1 atom stereocenters. The second-order valence-corrected chi connectivity index (χ2v) is 7.13. The predicted octanol–water partition coefficient (Wildman–Crippen LogP) is 1.93. The number of carbonyl (C=O) groups is 2. The number of amides is 3. The van der Waals surface area contributed by atoms with Gasteiger partial charge in [-0.3, -0.25) is 4.79 Å². The van der Waals surface area contributed by atoms with Crippen LogP contribution in [0.25, 0.3) is 0 Å². The van der Waals surface area contributed by atoms with Crippen molar-refractivity contribution in [3.05, 3.63) is 24.3 Å². The highest BCUT2D eigenvalue weighted by Gasteiger charge is 2.27. The largest absolute Gasteiger partial charge is 0.492 e. The molecule has 2 saturated heterocycles. The SMILES string of the molecule is CCOc1ccccc1N1CCN(C(=O)N[C@@H]2CCCN(C(C)=O)C2)CC1. The van der Waals surface area contributed by atoms with Crippen LogP contribution in [-0.2, 0) is 4.79 Å². The molecule has 1 aromatic rings. The van der Waals surface area contributed by atoms with Crippen molar-refractivity contribution in [3.8, 4) is 5.75 Å². The van der Waals surface area contributed by atoms with Crippen LogP contribution in [-0.4, -0.2) is 73.7 Å². The predicted molar refractivity (Wildman–Crippen MR) is 105 cm³/mol. The van der Waals surface area contributed by atoms with Crippen LogP contribution in [0.4, 0.5) is 10.5 Å². The van der Waals surface area contributed by atoms with Gasteiger partial charge in [-0.05, 0) is 31.9 Å². The van der Waals surface area contributed by atoms with Gasteiger partial charge >= 0.3 is 6.03 Å². The van der Waals surface area contributed by atoms with Crippen molar-refractivity contribution in [2.24, 2.45) is 0 Å². The molecule has 27 heavy (non-hydrogen) atoms. The van der Waals surface area contributed by atoms with Gasteiger partial charge in [0.15, 0.2) is 0 Å². The van der Waals surface area contributed by atoms with E-state index in [1.807, 2.05) is 34.9 Å². The third-order valence-electron chi connectivity index (χ3n) is 5.27. The molecule has 0 aromatic heterocycles. The molecule has 148 valence electrons. The lowest BCUT2D eigenvalue weighted by Gasteiger charge is -2.38. The number of anilines is 1. The first-order valence-electron chi connectivity index (χ1n) is 9.86. The van der Waals surface area contributed by atoms with E-state index in [0.717, 1.165) is 43.9 Å². The van der Waals surface area contributed by atoms with E-state index in [-0.39, 0.29) is 18.0 Å². The van der Waals surface area contributed by atoms with Gasteiger partial charge in [0.2, 0.25) is 5.91 Å². The minimum absolute atomic E-state index is 0.0249. The monoisotopic (exact) mass is 374 g/mol. The zero-order valence-electron chi connectivity index (χ0n) is 16.3. The highest BCUT2D eigenvalue weighted by atomic mass is 16.5. The van der Waals surface area contributed by atoms with Crippen molar-refractivity contribution in [2.75, 3.05) is 50.8 Å². The lowest BCUT2D eigenvalue weighted by molar-refractivity contribution is -0.130. The molecule has 0 radical (unpaired) electrons. The van der Waals surface area contributed by atoms with Gasteiger partial charge in [-0.1, -0.05) is 12.1 Å². The number of hydrogen-bond acceptors (Lipinski definition) is 4. The molecule has 2 fully saturated rings. The molecular weight excluding hydrogens is 344 g/mol. The van der Waals surface area contributed by atoms with Gasteiger partial charge in [-0.25, -0.2) is 4.79 Å². The lowest BCUT2D eigenvalue weighted by atomic mass is 10.1. The number of ether oxygens (including phenoxy) is 1. The molecule has 3 amide bonds. The standard InChI is InChI=1S/C20H30N4O3/c1-3-27-19-9-5-4-8-18(19)22-11-13-23(14-12-22)20(26)21-17-7-6-10-24(15-17)16(2)25/h4-5,8-9,17H,3,6-7,10-15H2,1-2H3,(H,21,26)/t17-/m1/s1. The molecule has 7 heteroatoms. The van der Waals surface area contributed by atoms with Gasteiger partial charge in [0.05, 0.1) is 12.3 Å². The molecule has 3 rings (SSSR count). The Morgan fingerprint density at radius 2 is 1.85 bits per heavy atom. The Morgan fingerprint density at radius 3 is 2.56 bits per heavy atom. The van der Waals surface area contributed by atoms with E-state index in [4.69, 9.17) is 4.74 Å². The summed E-state index contributed by atoms with van der Waals surface area (Å²) in [5.74, 6) is 0.972. The molecule has 2 aliphatic heterocycles. The molecule has 0 bridgehead atoms. The van der Waals surface area contributed by atoms with Crippen LogP contribution >= 0.6 is 0 Å². The highest BCUT2D eigenvalue weighted by molar-refractivity contribution is 5.76. The van der Waals surface area contributed by atoms with E-state index in [2.05, 4.69) is 16.3 Å². The summed E-state index contributed by atoms with van der Waals surface area (Å²) in [6.45, 7) is 8.52. The number of para-hydroxylation sites is 2. The van der Waals surface area contributed by atoms with Gasteiger partial charge in [-0.2, -0.15) is 0 Å². The Hall–Kier alpha value is -2.44. The second-order valence-electron chi connectivity index (χ2n) is 7.13. The number of benzene rings is 1. The maximum atomic E-state index is 12.6. The number of hydrogen-bond donors (Lipinski definition) is 1. The van der Waals surface area contributed by atoms with Crippen molar-refractivity contribution < 1.29 is 14.3 Å². The van der Waals surface area contributed by atoms with E-state index in [1.165, 1.54) is 0 Å². The first-order chi connectivity index (χ1) is 13.1. The summed E-state index contributed by atoms with van der Waals surface area (Å²) >= 11 is 0. The van der Waals surface area contributed by atoms with Crippen molar-refractivity contribution in [1.29, 1.82) is 0 Å². The Kier molecular flexibility index (Phi) is 6.42. The van der Waals surface area contributed by atoms with Crippen molar-refractivity contribution in [2.45, 2.75) is 32.7 Å². The Bertz CT molecular complexity index is 658. The Balaban J connectivity index is 1.52. The van der Waals surface area contributed by atoms with Crippen LogP contribution in [0.5, 0.6) is 5.75 Å². The van der Waals surface area contributed by atoms with E-state index in [0.29, 0.717) is 26.2 Å². The average molecular weight is 374 g/mol. The Labute approximate surface area is 161 Å². The van der Waals surface area contributed by atoms with Crippen LogP contribution < -0.4 is 15.0 Å². The number of nitrogens with zero attached hydrogens (tertiary/aromatic N) is 3. The molecule has 0 saturated carbocycles. The van der Waals surface area contributed by atoms with Crippen LogP contribution in [0, 0.1) is 0 Å². The number of nitrogens with one attached hydrogen (secondary N) is 1. The van der Waals surface area contributed by atoms with Crippen molar-refractivity contribution >= 4 is 17.6 Å². The molecule has 0 unspecified atom stereocenters. The molecule has 2 aliphatic rings. The summed E-state index contributed by atoms with van der Waals surface area (Å²) in [5, 5.41) is 3.11. The van der Waals surface area contributed by atoms with E-state index < -0.39 is 0 Å². The van der Waals surface area contributed by atoms with Gasteiger partial charge in [0.1, 0.15) is 5.75 Å². The Morgan fingerprint density at radius 1 is 1.11 bits per heavy atom. The summed E-state index contributed by atoms with van der Waals surface area (Å²) < 4.78 is 5.73. The van der Waals surface area contributed by atoms with E-state index >= 15 is 0 Å². The molecule has 0 spiro atoms. The normalized spacial score (nSPS) is 20.4. The second kappa shape index (κ2) is 8.97. The third-order valence-corrected chi connectivity index (χ3v) is 5.27. The molecule has 7 nitrogen and oxygen atoms in total. The number of piperidine rings is 1. The first-order valence-corrected chi connectivity index (χ1v) is 9.86. The van der Waals surface area contributed by atoms with Gasteiger partial charge in [-0.15, -0.1) is 0 Å². The fourth-order valence-electron chi connectivity index (χ4n) is 3.79. The average Bonchev–Trinajstić information content (AvgIpc) is 2.69. The maximum Gasteiger partial charge on any atom is 0.317 e. The number of rotatable bonds is 4. The number of piperazine rings is 1. The highest BCUT2D eigenvalue weighted by Crippen LogP contribution is 2.28. The van der Waals surface area contributed by atoms with Crippen LogP contribution in [0.3, 0.4) is 0 Å². The quantitative estimate of drug-likeness (QED) is 0.875. The molecular formula is C20H30N4O3. The number of carbonyl (C=O) groups excluding carboxylic acids is 2. The van der Waals surface area contributed by atoms with Gasteiger partial charge in [0, 0.05) is 52.2 Å². The van der Waals surface area contributed by atoms with Crippen LogP contribution in [0.2, 0.25) is 0 Å². The fraction of sp³-hybridized carbons (Fsp3) is 0.600. The molecule has 0 aliphatic carbocycles. The van der Waals surface area contributed by atoms with Crippen molar-refractivity contribution in [1.82, 2.24) is 15.1 Å². The van der Waals surface area contributed by atoms with Gasteiger partial charge < -0.3 is 24.8 Å². The molecule has 1 aromatic carbocycles. The summed E-state index contributed by atoms with van der Waals surface area (Å²) in [6, 6.07) is 8.07. The summed E-state index contributed by atoms with van der Waals surface area (Å²) in [5.41, 5.74) is 1.09. The van der Waals surface area contributed by atoms with Crippen molar-refractivity contribution in [3.63, 3.8) is 0 Å². The van der Waals surface area contributed by atoms with E-state index in [9.17, 15) is 9.59 Å². The summed E-state index contributed by atoms with van der Waals surface area (Å²) in [6.07, 6.45) is 1.86. The zero-order valence-corrected chi connectivity index (χ0v) is 16.3. The lowest BCUT2D eigenvalue weighted by Crippen LogP contribution is -2.56. The number of urea groups is 1. The topological polar surface area (TPSA) is 65.1 Å². The van der Waals surface area contributed by atoms with E-state index in [1.54, 1.807) is 6.92 Å². The fourth-order valence-corrected chi connectivity index (χ4v) is 3.79. The minimum atomic E-state index is -0.0249. The van der Waals surface area contributed by atoms with Gasteiger partial charge in [0.25, 0.3) is 0 Å². The first kappa shape index (κ1) is 19.3. The molecule has 2 heterocycles. The minimum Gasteiger partial charge on any atom is -0.492 e. The molecule has 1 N–H and O–H groups in total. The van der Waals surface area contributed by atoms with Crippen LogP contribution in [0.15, 0.2) is 24.3 Å². The maximum absolute atomic E-state index is 12.6. The number of likely N-dealkylation sites (tertiary alicyclic amines) is 1. The third kappa shape index (κ3) is 4.84. The zero-order chi connectivity index (χ0) is 19.2. The smallest absolute Gasteiger partial charge is 0.317 e. The van der Waals surface area contributed by atoms with Crippen LogP contribution in [0.1, 0.15) is 26.7 Å². The summed E-state index contributed by atoms with van der Waals surface area (Å²) in [7, 11) is 0. The summed E-state index contributed by atoms with van der Waals surface area (Å²) in [4.78, 5) is 30.1.